The third-order valence-corrected chi connectivity index (χ3v) is 5.77. The van der Waals surface area contributed by atoms with Crippen molar-refractivity contribution in [2.24, 2.45) is 0 Å². The topological polar surface area (TPSA) is 72.9 Å². The van der Waals surface area contributed by atoms with Gasteiger partial charge >= 0.3 is 5.97 Å². The first-order valence-electron chi connectivity index (χ1n) is 8.37. The number of carbonyl (C=O) groups is 1. The van der Waals surface area contributed by atoms with Crippen molar-refractivity contribution in [2.45, 2.75) is 45.4 Å². The van der Waals surface area contributed by atoms with E-state index in [4.69, 9.17) is 9.47 Å². The molecule has 0 radical (unpaired) electrons. The van der Waals surface area contributed by atoms with Crippen LogP contribution in [0.4, 0.5) is 0 Å². The second kappa shape index (κ2) is 7.74. The van der Waals surface area contributed by atoms with Gasteiger partial charge in [-0.2, -0.15) is 0 Å². The highest BCUT2D eigenvalue weighted by atomic mass is 32.2. The smallest absolute Gasteiger partial charge is 0.320 e. The normalized spacial score (nSPS) is 19.8. The Morgan fingerprint density at radius 3 is 2.36 bits per heavy atom. The van der Waals surface area contributed by atoms with Crippen LogP contribution in [-0.2, 0) is 25.9 Å². The maximum atomic E-state index is 12.2. The standard InChI is InChI=1S/C18H27NO5S/c1-18(2,3)24-17(20)12-19(15-9-10-25(21,22)13-15)11-14-5-7-16(23-4)8-6-14/h5-8,15H,9-13H2,1-4H3/t15-/m1/s1. The van der Waals surface area contributed by atoms with Crippen LogP contribution in [0, 0.1) is 0 Å². The van der Waals surface area contributed by atoms with Crippen LogP contribution in [0.2, 0.25) is 0 Å². The molecular formula is C18H27NO5S. The Hall–Kier alpha value is -1.60. The zero-order chi connectivity index (χ0) is 18.7. The van der Waals surface area contributed by atoms with Gasteiger partial charge in [0.15, 0.2) is 9.84 Å². The van der Waals surface area contributed by atoms with Crippen molar-refractivity contribution in [2.75, 3.05) is 25.2 Å². The minimum absolute atomic E-state index is 0.0729. The number of carbonyl (C=O) groups excluding carboxylic acids is 1. The Morgan fingerprint density at radius 1 is 1.24 bits per heavy atom. The Labute approximate surface area is 150 Å². The molecule has 0 N–H and O–H groups in total. The number of hydrogen-bond donors (Lipinski definition) is 0. The first-order valence-corrected chi connectivity index (χ1v) is 10.2. The second-order valence-corrected chi connectivity index (χ2v) is 9.63. The number of ether oxygens (including phenoxy) is 2. The molecule has 6 nitrogen and oxygen atoms in total. The average molecular weight is 369 g/mol. The number of methoxy groups -OCH3 is 1. The van der Waals surface area contributed by atoms with Gasteiger partial charge in [0.2, 0.25) is 0 Å². The minimum Gasteiger partial charge on any atom is -0.497 e. The molecule has 1 aliphatic rings. The quantitative estimate of drug-likeness (QED) is 0.715. The highest BCUT2D eigenvalue weighted by Gasteiger charge is 2.33. The molecule has 1 fully saturated rings. The van der Waals surface area contributed by atoms with E-state index in [0.29, 0.717) is 13.0 Å². The summed E-state index contributed by atoms with van der Waals surface area (Å²) in [6.07, 6.45) is 0.543. The van der Waals surface area contributed by atoms with Crippen molar-refractivity contribution in [3.05, 3.63) is 29.8 Å². The van der Waals surface area contributed by atoms with Crippen molar-refractivity contribution in [3.63, 3.8) is 0 Å². The molecule has 0 amide bonds. The molecule has 0 unspecified atom stereocenters. The average Bonchev–Trinajstić information content (AvgIpc) is 2.85. The second-order valence-electron chi connectivity index (χ2n) is 7.40. The fourth-order valence-electron chi connectivity index (χ4n) is 2.88. The summed E-state index contributed by atoms with van der Waals surface area (Å²) in [5.74, 6) is 0.674. The zero-order valence-corrected chi connectivity index (χ0v) is 16.1. The van der Waals surface area contributed by atoms with Crippen LogP contribution in [0.25, 0.3) is 0 Å². The number of sulfone groups is 1. The fraction of sp³-hybridized carbons (Fsp3) is 0.611. The van der Waals surface area contributed by atoms with Gasteiger partial charge in [-0.25, -0.2) is 8.42 Å². The number of benzene rings is 1. The Kier molecular flexibility index (Phi) is 6.11. The lowest BCUT2D eigenvalue weighted by Gasteiger charge is -2.29. The third kappa shape index (κ3) is 6.32. The highest BCUT2D eigenvalue weighted by Crippen LogP contribution is 2.21. The summed E-state index contributed by atoms with van der Waals surface area (Å²) in [5.41, 5.74) is 0.429. The number of hydrogen-bond acceptors (Lipinski definition) is 6. The van der Waals surface area contributed by atoms with E-state index in [2.05, 4.69) is 0 Å². The molecule has 140 valence electrons. The molecule has 1 aromatic carbocycles. The summed E-state index contributed by atoms with van der Waals surface area (Å²) in [5, 5.41) is 0. The van der Waals surface area contributed by atoms with Gasteiger partial charge < -0.3 is 9.47 Å². The van der Waals surface area contributed by atoms with E-state index in [0.717, 1.165) is 11.3 Å². The van der Waals surface area contributed by atoms with Gasteiger partial charge in [-0.1, -0.05) is 12.1 Å². The molecule has 1 atom stereocenters. The first-order chi connectivity index (χ1) is 11.6. The molecule has 0 bridgehead atoms. The number of rotatable bonds is 6. The molecule has 0 saturated carbocycles. The molecule has 2 rings (SSSR count). The summed E-state index contributed by atoms with van der Waals surface area (Å²) in [4.78, 5) is 14.1. The maximum absolute atomic E-state index is 12.2. The SMILES string of the molecule is COc1ccc(CN(CC(=O)OC(C)(C)C)[C@@H]2CCS(=O)(=O)C2)cc1. The molecule has 0 aliphatic carbocycles. The minimum atomic E-state index is -3.03. The zero-order valence-electron chi connectivity index (χ0n) is 15.3. The van der Waals surface area contributed by atoms with Crippen molar-refractivity contribution < 1.29 is 22.7 Å². The van der Waals surface area contributed by atoms with Crippen molar-refractivity contribution in [3.8, 4) is 5.75 Å². The van der Waals surface area contributed by atoms with Crippen LogP contribution < -0.4 is 4.74 Å². The highest BCUT2D eigenvalue weighted by molar-refractivity contribution is 7.91. The van der Waals surface area contributed by atoms with Crippen LogP contribution in [0.15, 0.2) is 24.3 Å². The van der Waals surface area contributed by atoms with Gasteiger partial charge in [0.1, 0.15) is 11.4 Å². The first kappa shape index (κ1) is 19.7. The molecule has 1 saturated heterocycles. The molecule has 1 aliphatic heterocycles. The van der Waals surface area contributed by atoms with Gasteiger partial charge in [-0.05, 0) is 44.9 Å². The summed E-state index contributed by atoms with van der Waals surface area (Å²) >= 11 is 0. The summed E-state index contributed by atoms with van der Waals surface area (Å²) < 4.78 is 34.2. The van der Waals surface area contributed by atoms with E-state index in [9.17, 15) is 13.2 Å². The fourth-order valence-corrected chi connectivity index (χ4v) is 4.64. The van der Waals surface area contributed by atoms with E-state index in [-0.39, 0.29) is 30.1 Å². The van der Waals surface area contributed by atoms with Crippen LogP contribution >= 0.6 is 0 Å². The van der Waals surface area contributed by atoms with Crippen molar-refractivity contribution >= 4 is 15.8 Å². The molecule has 0 spiro atoms. The Morgan fingerprint density at radius 2 is 1.88 bits per heavy atom. The molecule has 1 aromatic rings. The Bertz CT molecular complexity index is 691. The maximum Gasteiger partial charge on any atom is 0.320 e. The molecule has 25 heavy (non-hydrogen) atoms. The summed E-state index contributed by atoms with van der Waals surface area (Å²) in [7, 11) is -1.42. The summed E-state index contributed by atoms with van der Waals surface area (Å²) in [6, 6.07) is 7.38. The van der Waals surface area contributed by atoms with E-state index < -0.39 is 15.4 Å². The van der Waals surface area contributed by atoms with Crippen LogP contribution in [0.5, 0.6) is 5.75 Å². The van der Waals surface area contributed by atoms with E-state index >= 15 is 0 Å². The van der Waals surface area contributed by atoms with Gasteiger partial charge in [-0.15, -0.1) is 0 Å². The molecule has 1 heterocycles. The number of nitrogens with zero attached hydrogens (tertiary/aromatic N) is 1. The Balaban J connectivity index is 2.12. The van der Waals surface area contributed by atoms with E-state index in [1.54, 1.807) is 7.11 Å². The van der Waals surface area contributed by atoms with Crippen LogP contribution in [-0.4, -0.2) is 56.1 Å². The lowest BCUT2D eigenvalue weighted by molar-refractivity contribution is -0.156. The van der Waals surface area contributed by atoms with Gasteiger partial charge in [0.05, 0.1) is 25.2 Å². The van der Waals surface area contributed by atoms with Crippen molar-refractivity contribution in [1.82, 2.24) is 4.90 Å². The predicted molar refractivity (Wildman–Crippen MR) is 96.3 cm³/mol. The van der Waals surface area contributed by atoms with Gasteiger partial charge in [-0.3, -0.25) is 9.69 Å². The van der Waals surface area contributed by atoms with Gasteiger partial charge in [0.25, 0.3) is 0 Å². The van der Waals surface area contributed by atoms with E-state index in [1.807, 2.05) is 49.9 Å². The largest absolute Gasteiger partial charge is 0.497 e. The lowest BCUT2D eigenvalue weighted by atomic mass is 10.1. The number of esters is 1. The monoisotopic (exact) mass is 369 g/mol. The molecular weight excluding hydrogens is 342 g/mol. The predicted octanol–water partition coefficient (Wildman–Crippen LogP) is 2.03. The lowest BCUT2D eigenvalue weighted by Crippen LogP contribution is -2.41. The van der Waals surface area contributed by atoms with Crippen LogP contribution in [0.3, 0.4) is 0 Å². The third-order valence-electron chi connectivity index (χ3n) is 4.02. The van der Waals surface area contributed by atoms with Gasteiger partial charge in [0, 0.05) is 12.6 Å². The summed E-state index contributed by atoms with van der Waals surface area (Å²) in [6.45, 7) is 6.02. The molecule has 7 heteroatoms. The van der Waals surface area contributed by atoms with Crippen molar-refractivity contribution in [1.29, 1.82) is 0 Å². The molecule has 0 aromatic heterocycles. The van der Waals surface area contributed by atoms with Crippen LogP contribution in [0.1, 0.15) is 32.8 Å². The van der Waals surface area contributed by atoms with E-state index in [1.165, 1.54) is 0 Å².